The fourth-order valence-corrected chi connectivity index (χ4v) is 2.71. The van der Waals surface area contributed by atoms with Crippen molar-refractivity contribution in [2.24, 2.45) is 5.92 Å². The molecule has 1 fully saturated rings. The summed E-state index contributed by atoms with van der Waals surface area (Å²) < 4.78 is 1.28. The summed E-state index contributed by atoms with van der Waals surface area (Å²) in [6, 6.07) is 8.69. The van der Waals surface area contributed by atoms with Gasteiger partial charge in [0.15, 0.2) is 0 Å². The van der Waals surface area contributed by atoms with E-state index in [4.69, 9.17) is 0 Å². The van der Waals surface area contributed by atoms with Crippen molar-refractivity contribution in [3.05, 3.63) is 33.4 Å². The Balaban J connectivity index is 1.85. The van der Waals surface area contributed by atoms with Crippen LogP contribution in [-0.2, 0) is 11.3 Å². The first-order chi connectivity index (χ1) is 8.15. The van der Waals surface area contributed by atoms with Crippen molar-refractivity contribution in [3.63, 3.8) is 0 Å². The maximum atomic E-state index is 11.3. The van der Waals surface area contributed by atoms with Gasteiger partial charge in [0.2, 0.25) is 0 Å². The summed E-state index contributed by atoms with van der Waals surface area (Å²) >= 11 is 2.33. The van der Waals surface area contributed by atoms with Gasteiger partial charge >= 0.3 is 0 Å². The minimum absolute atomic E-state index is 0.308. The first kappa shape index (κ1) is 13.0. The Morgan fingerprint density at radius 3 is 2.41 bits per heavy atom. The lowest BCUT2D eigenvalue weighted by molar-refractivity contribution is -0.122. The molecule has 2 rings (SSSR count). The summed E-state index contributed by atoms with van der Waals surface area (Å²) in [6.45, 7) is 4.84. The summed E-state index contributed by atoms with van der Waals surface area (Å²) in [7, 11) is 0. The minimum Gasteiger partial charge on any atom is -0.300 e. The fraction of sp³-hybridized carbons (Fsp3) is 0.500. The van der Waals surface area contributed by atoms with Crippen molar-refractivity contribution in [1.29, 1.82) is 0 Å². The normalized spacial score (nSPS) is 18.2. The predicted molar refractivity (Wildman–Crippen MR) is 77.8 cm³/mol. The Hall–Kier alpha value is -0.420. The van der Waals surface area contributed by atoms with Crippen LogP contribution in [-0.4, -0.2) is 23.8 Å². The lowest BCUT2D eigenvalue weighted by Gasteiger charge is -2.30. The summed E-state index contributed by atoms with van der Waals surface area (Å²) in [5.74, 6) is 0.668. The molecular formula is C14H18INO. The van der Waals surface area contributed by atoms with E-state index >= 15 is 0 Å². The molecular weight excluding hydrogens is 325 g/mol. The molecule has 0 saturated carbocycles. The van der Waals surface area contributed by atoms with Gasteiger partial charge in [0.25, 0.3) is 0 Å². The predicted octanol–water partition coefficient (Wildman–Crippen LogP) is 3.09. The molecule has 92 valence electrons. The highest BCUT2D eigenvalue weighted by Crippen LogP contribution is 2.19. The second kappa shape index (κ2) is 5.96. The number of benzene rings is 1. The molecule has 1 heterocycles. The second-order valence-corrected chi connectivity index (χ2v) is 6.03. The van der Waals surface area contributed by atoms with E-state index in [1.807, 2.05) is 0 Å². The van der Waals surface area contributed by atoms with Crippen LogP contribution in [0.4, 0.5) is 0 Å². The summed E-state index contributed by atoms with van der Waals surface area (Å²) in [6.07, 6.45) is 2.05. The number of hydrogen-bond acceptors (Lipinski definition) is 2. The van der Waals surface area contributed by atoms with Gasteiger partial charge in [-0.25, -0.2) is 0 Å². The largest absolute Gasteiger partial charge is 0.300 e. The number of ketones is 1. The highest BCUT2D eigenvalue weighted by molar-refractivity contribution is 14.1. The van der Waals surface area contributed by atoms with E-state index in [9.17, 15) is 4.79 Å². The molecule has 1 aliphatic heterocycles. The molecule has 17 heavy (non-hydrogen) atoms. The van der Waals surface area contributed by atoms with Crippen LogP contribution in [0.3, 0.4) is 0 Å². The summed E-state index contributed by atoms with van der Waals surface area (Å²) in [5.41, 5.74) is 1.37. The van der Waals surface area contributed by atoms with Crippen molar-refractivity contribution >= 4 is 28.4 Å². The highest BCUT2D eigenvalue weighted by atomic mass is 127. The fourth-order valence-electron chi connectivity index (χ4n) is 2.35. The number of nitrogens with zero attached hydrogens (tertiary/aromatic N) is 1. The maximum Gasteiger partial charge on any atom is 0.133 e. The Labute approximate surface area is 117 Å². The Morgan fingerprint density at radius 1 is 1.29 bits per heavy atom. The van der Waals surface area contributed by atoms with Crippen LogP contribution in [0.15, 0.2) is 24.3 Å². The first-order valence-corrected chi connectivity index (χ1v) is 7.20. The number of Topliss-reactive ketones (excluding diaryl/α,β-unsaturated/α-hetero) is 1. The lowest BCUT2D eigenvalue weighted by atomic mass is 9.93. The molecule has 2 nitrogen and oxygen atoms in total. The SMILES string of the molecule is CC(=O)C1CCN(Cc2ccc(I)cc2)CC1. The van der Waals surface area contributed by atoms with E-state index < -0.39 is 0 Å². The smallest absolute Gasteiger partial charge is 0.133 e. The number of carbonyl (C=O) groups is 1. The zero-order chi connectivity index (χ0) is 12.3. The van der Waals surface area contributed by atoms with E-state index in [2.05, 4.69) is 51.8 Å². The lowest BCUT2D eigenvalue weighted by Crippen LogP contribution is -2.35. The van der Waals surface area contributed by atoms with Gasteiger partial charge in [0.1, 0.15) is 5.78 Å². The van der Waals surface area contributed by atoms with Crippen LogP contribution in [0.5, 0.6) is 0 Å². The minimum atomic E-state index is 0.308. The Morgan fingerprint density at radius 2 is 1.88 bits per heavy atom. The van der Waals surface area contributed by atoms with E-state index in [1.54, 1.807) is 6.92 Å². The van der Waals surface area contributed by atoms with Crippen LogP contribution >= 0.6 is 22.6 Å². The molecule has 1 aliphatic rings. The Kier molecular flexibility index (Phi) is 4.56. The van der Waals surface area contributed by atoms with Gasteiger partial charge in [-0.15, -0.1) is 0 Å². The molecule has 0 N–H and O–H groups in total. The molecule has 0 aliphatic carbocycles. The standard InChI is InChI=1S/C14H18INO/c1-11(17)13-6-8-16(9-7-13)10-12-2-4-14(15)5-3-12/h2-5,13H,6-10H2,1H3. The van der Waals surface area contributed by atoms with Gasteiger partial charge in [-0.1, -0.05) is 12.1 Å². The number of rotatable bonds is 3. The maximum absolute atomic E-state index is 11.3. The van der Waals surface area contributed by atoms with Crippen LogP contribution in [0.2, 0.25) is 0 Å². The molecule has 3 heteroatoms. The van der Waals surface area contributed by atoms with E-state index in [0.717, 1.165) is 32.5 Å². The third-order valence-electron chi connectivity index (χ3n) is 3.48. The number of piperidine rings is 1. The van der Waals surface area contributed by atoms with Gasteiger partial charge in [-0.05, 0) is 73.1 Å². The molecule has 0 unspecified atom stereocenters. The number of halogens is 1. The van der Waals surface area contributed by atoms with Crippen LogP contribution in [0.25, 0.3) is 0 Å². The first-order valence-electron chi connectivity index (χ1n) is 6.12. The molecule has 0 aromatic heterocycles. The van der Waals surface area contributed by atoms with Crippen LogP contribution in [0, 0.1) is 9.49 Å². The molecule has 1 aromatic rings. The zero-order valence-corrected chi connectivity index (χ0v) is 12.3. The van der Waals surface area contributed by atoms with E-state index in [0.29, 0.717) is 11.7 Å². The van der Waals surface area contributed by atoms with Gasteiger partial charge in [-0.2, -0.15) is 0 Å². The topological polar surface area (TPSA) is 20.3 Å². The molecule has 0 atom stereocenters. The number of hydrogen-bond donors (Lipinski definition) is 0. The Bertz CT molecular complexity index is 380. The highest BCUT2D eigenvalue weighted by Gasteiger charge is 2.21. The monoisotopic (exact) mass is 343 g/mol. The average Bonchev–Trinajstić information content (AvgIpc) is 2.33. The molecule has 0 amide bonds. The van der Waals surface area contributed by atoms with Gasteiger partial charge in [0, 0.05) is 16.0 Å². The number of likely N-dealkylation sites (tertiary alicyclic amines) is 1. The van der Waals surface area contributed by atoms with Crippen LogP contribution in [0.1, 0.15) is 25.3 Å². The van der Waals surface area contributed by atoms with E-state index in [1.165, 1.54) is 9.13 Å². The molecule has 0 spiro atoms. The average molecular weight is 343 g/mol. The molecule has 0 bridgehead atoms. The molecule has 0 radical (unpaired) electrons. The van der Waals surface area contributed by atoms with Crippen LogP contribution < -0.4 is 0 Å². The molecule has 1 saturated heterocycles. The van der Waals surface area contributed by atoms with Crippen molar-refractivity contribution in [2.75, 3.05) is 13.1 Å². The van der Waals surface area contributed by atoms with Crippen molar-refractivity contribution in [1.82, 2.24) is 4.90 Å². The summed E-state index contributed by atoms with van der Waals surface area (Å²) in [5, 5.41) is 0. The third-order valence-corrected chi connectivity index (χ3v) is 4.20. The van der Waals surface area contributed by atoms with Crippen molar-refractivity contribution in [2.45, 2.75) is 26.3 Å². The van der Waals surface area contributed by atoms with Gasteiger partial charge in [-0.3, -0.25) is 9.69 Å². The summed E-state index contributed by atoms with van der Waals surface area (Å²) in [4.78, 5) is 13.7. The number of carbonyl (C=O) groups excluding carboxylic acids is 1. The van der Waals surface area contributed by atoms with Gasteiger partial charge in [0.05, 0.1) is 0 Å². The zero-order valence-electron chi connectivity index (χ0n) is 10.2. The van der Waals surface area contributed by atoms with Crippen molar-refractivity contribution in [3.8, 4) is 0 Å². The van der Waals surface area contributed by atoms with Gasteiger partial charge < -0.3 is 0 Å². The van der Waals surface area contributed by atoms with E-state index in [-0.39, 0.29) is 0 Å². The quantitative estimate of drug-likeness (QED) is 0.786. The second-order valence-electron chi connectivity index (χ2n) is 4.79. The van der Waals surface area contributed by atoms with Crippen molar-refractivity contribution < 1.29 is 4.79 Å². The third kappa shape index (κ3) is 3.78. The molecule has 1 aromatic carbocycles.